The summed E-state index contributed by atoms with van der Waals surface area (Å²) in [6, 6.07) is 10.9. The van der Waals surface area contributed by atoms with Gasteiger partial charge in [-0.05, 0) is 42.8 Å². The SMILES string of the molecule is CCCCCCCCCCCCOc1ccc(C(=O)Oc2ccc(C=O)c(O)c2)cc1. The lowest BCUT2D eigenvalue weighted by atomic mass is 10.1. The summed E-state index contributed by atoms with van der Waals surface area (Å²) in [5.41, 5.74) is 0.522. The Balaban J connectivity index is 1.62. The van der Waals surface area contributed by atoms with Crippen molar-refractivity contribution in [3.8, 4) is 17.2 Å². The molecular weight excluding hydrogens is 392 g/mol. The predicted molar refractivity (Wildman–Crippen MR) is 122 cm³/mol. The molecule has 0 amide bonds. The van der Waals surface area contributed by atoms with Crippen molar-refractivity contribution in [3.05, 3.63) is 53.6 Å². The van der Waals surface area contributed by atoms with Crippen LogP contribution in [0.3, 0.4) is 0 Å². The summed E-state index contributed by atoms with van der Waals surface area (Å²) < 4.78 is 11.0. The minimum Gasteiger partial charge on any atom is -0.507 e. The Morgan fingerprint density at radius 3 is 2.00 bits per heavy atom. The van der Waals surface area contributed by atoms with Crippen molar-refractivity contribution in [1.29, 1.82) is 0 Å². The molecule has 2 rings (SSSR count). The number of phenols is 1. The highest BCUT2D eigenvalue weighted by atomic mass is 16.5. The summed E-state index contributed by atoms with van der Waals surface area (Å²) in [4.78, 5) is 23.0. The zero-order valence-corrected chi connectivity index (χ0v) is 18.5. The molecule has 5 heteroatoms. The van der Waals surface area contributed by atoms with E-state index in [1.807, 2.05) is 0 Å². The third-order valence-corrected chi connectivity index (χ3v) is 5.20. The number of unbranched alkanes of at least 4 members (excludes halogenated alkanes) is 9. The maximum Gasteiger partial charge on any atom is 0.343 e. The monoisotopic (exact) mass is 426 g/mol. The summed E-state index contributed by atoms with van der Waals surface area (Å²) >= 11 is 0. The van der Waals surface area contributed by atoms with Crippen LogP contribution in [0.15, 0.2) is 42.5 Å². The Morgan fingerprint density at radius 2 is 1.42 bits per heavy atom. The van der Waals surface area contributed by atoms with Gasteiger partial charge in [-0.25, -0.2) is 4.79 Å². The van der Waals surface area contributed by atoms with E-state index in [4.69, 9.17) is 9.47 Å². The first-order valence-corrected chi connectivity index (χ1v) is 11.4. The molecule has 0 atom stereocenters. The van der Waals surface area contributed by atoms with Crippen LogP contribution in [-0.2, 0) is 0 Å². The maximum atomic E-state index is 12.2. The van der Waals surface area contributed by atoms with Crippen LogP contribution in [0.25, 0.3) is 0 Å². The molecule has 0 fully saturated rings. The minimum absolute atomic E-state index is 0.142. The second-order valence-corrected chi connectivity index (χ2v) is 7.78. The summed E-state index contributed by atoms with van der Waals surface area (Å²) in [5.74, 6) is 0.130. The van der Waals surface area contributed by atoms with Gasteiger partial charge in [0, 0.05) is 6.07 Å². The fourth-order valence-electron chi connectivity index (χ4n) is 3.32. The highest BCUT2D eigenvalue weighted by Gasteiger charge is 2.10. The average Bonchev–Trinajstić information content (AvgIpc) is 2.78. The van der Waals surface area contributed by atoms with Gasteiger partial charge >= 0.3 is 5.97 Å². The maximum absolute atomic E-state index is 12.2. The number of rotatable bonds is 15. The molecule has 5 nitrogen and oxygen atoms in total. The number of aromatic hydroxyl groups is 1. The minimum atomic E-state index is -0.542. The molecule has 0 saturated heterocycles. The van der Waals surface area contributed by atoms with Crippen LogP contribution in [0.2, 0.25) is 0 Å². The Labute approximate surface area is 185 Å². The van der Waals surface area contributed by atoms with E-state index in [1.165, 1.54) is 76.0 Å². The smallest absolute Gasteiger partial charge is 0.343 e. The number of ether oxygens (including phenoxy) is 2. The topological polar surface area (TPSA) is 72.8 Å². The first-order chi connectivity index (χ1) is 15.1. The lowest BCUT2D eigenvalue weighted by Crippen LogP contribution is -2.08. The molecule has 2 aromatic rings. The van der Waals surface area contributed by atoms with E-state index >= 15 is 0 Å². The van der Waals surface area contributed by atoms with Crippen LogP contribution in [0.5, 0.6) is 17.2 Å². The molecule has 2 aromatic carbocycles. The molecule has 0 unspecified atom stereocenters. The summed E-state index contributed by atoms with van der Waals surface area (Å²) in [5, 5.41) is 9.67. The van der Waals surface area contributed by atoms with Gasteiger partial charge in [0.2, 0.25) is 0 Å². The van der Waals surface area contributed by atoms with Crippen LogP contribution < -0.4 is 9.47 Å². The van der Waals surface area contributed by atoms with Crippen molar-refractivity contribution in [3.63, 3.8) is 0 Å². The van der Waals surface area contributed by atoms with E-state index < -0.39 is 5.97 Å². The van der Waals surface area contributed by atoms with Crippen molar-refractivity contribution < 1.29 is 24.2 Å². The number of benzene rings is 2. The molecule has 31 heavy (non-hydrogen) atoms. The molecule has 0 aliphatic heterocycles. The normalized spacial score (nSPS) is 10.6. The fourth-order valence-corrected chi connectivity index (χ4v) is 3.32. The van der Waals surface area contributed by atoms with Gasteiger partial charge < -0.3 is 14.6 Å². The van der Waals surface area contributed by atoms with E-state index in [0.717, 1.165) is 12.2 Å². The molecule has 1 N–H and O–H groups in total. The molecule has 0 aromatic heterocycles. The van der Waals surface area contributed by atoms with Crippen molar-refractivity contribution in [2.45, 2.75) is 71.1 Å². The van der Waals surface area contributed by atoms with Crippen molar-refractivity contribution in [2.24, 2.45) is 0 Å². The Kier molecular flexibility index (Phi) is 11.2. The average molecular weight is 427 g/mol. The van der Waals surface area contributed by atoms with Gasteiger partial charge in [-0.15, -0.1) is 0 Å². The molecule has 0 heterocycles. The van der Waals surface area contributed by atoms with Gasteiger partial charge in [0.1, 0.15) is 17.2 Å². The largest absolute Gasteiger partial charge is 0.507 e. The van der Waals surface area contributed by atoms with Gasteiger partial charge in [0.05, 0.1) is 17.7 Å². The number of hydrogen-bond donors (Lipinski definition) is 1. The zero-order valence-electron chi connectivity index (χ0n) is 18.5. The quantitative estimate of drug-likeness (QED) is 0.148. The van der Waals surface area contributed by atoms with Crippen LogP contribution in [0.1, 0.15) is 91.8 Å². The highest BCUT2D eigenvalue weighted by molar-refractivity contribution is 5.91. The molecular formula is C26H34O5. The fraction of sp³-hybridized carbons (Fsp3) is 0.462. The lowest BCUT2D eigenvalue weighted by molar-refractivity contribution is 0.0734. The highest BCUT2D eigenvalue weighted by Crippen LogP contribution is 2.23. The van der Waals surface area contributed by atoms with E-state index in [1.54, 1.807) is 24.3 Å². The number of phenolic OH excluding ortho intramolecular Hbond substituents is 1. The number of aldehydes is 1. The van der Waals surface area contributed by atoms with E-state index in [0.29, 0.717) is 18.5 Å². The van der Waals surface area contributed by atoms with Gasteiger partial charge in [-0.1, -0.05) is 64.7 Å². The van der Waals surface area contributed by atoms with Crippen LogP contribution >= 0.6 is 0 Å². The Morgan fingerprint density at radius 1 is 0.839 bits per heavy atom. The standard InChI is InChI=1S/C26H34O5/c1-2-3-4-5-6-7-8-9-10-11-18-30-23-15-12-21(13-16-23)26(29)31-24-17-14-22(20-27)25(28)19-24/h12-17,19-20,28H,2-11,18H2,1H3. The van der Waals surface area contributed by atoms with Gasteiger partial charge in [0.25, 0.3) is 0 Å². The molecule has 0 spiro atoms. The van der Waals surface area contributed by atoms with Crippen molar-refractivity contribution in [1.82, 2.24) is 0 Å². The van der Waals surface area contributed by atoms with Crippen LogP contribution in [-0.4, -0.2) is 24.0 Å². The Bertz CT molecular complexity index is 798. The summed E-state index contributed by atoms with van der Waals surface area (Å²) in [6.07, 6.45) is 13.4. The second-order valence-electron chi connectivity index (χ2n) is 7.78. The van der Waals surface area contributed by atoms with Gasteiger partial charge in [-0.2, -0.15) is 0 Å². The molecule has 168 valence electrons. The first kappa shape index (κ1) is 24.4. The number of carbonyl (C=O) groups is 2. The zero-order chi connectivity index (χ0) is 22.3. The Hall–Kier alpha value is -2.82. The molecule has 0 saturated carbocycles. The van der Waals surface area contributed by atoms with E-state index in [2.05, 4.69) is 6.92 Å². The van der Waals surface area contributed by atoms with Gasteiger partial charge in [-0.3, -0.25) is 4.79 Å². The van der Waals surface area contributed by atoms with Crippen molar-refractivity contribution >= 4 is 12.3 Å². The van der Waals surface area contributed by atoms with Crippen LogP contribution in [0, 0.1) is 0 Å². The van der Waals surface area contributed by atoms with Crippen molar-refractivity contribution in [2.75, 3.05) is 6.61 Å². The molecule has 0 aliphatic rings. The predicted octanol–water partition coefficient (Wildman–Crippen LogP) is 6.72. The van der Waals surface area contributed by atoms with E-state index in [9.17, 15) is 14.7 Å². The van der Waals surface area contributed by atoms with Crippen LogP contribution in [0.4, 0.5) is 0 Å². The first-order valence-electron chi connectivity index (χ1n) is 11.4. The molecule has 0 radical (unpaired) electrons. The molecule has 0 bridgehead atoms. The second kappa shape index (κ2) is 14.2. The summed E-state index contributed by atoms with van der Waals surface area (Å²) in [6.45, 7) is 2.92. The van der Waals surface area contributed by atoms with Gasteiger partial charge in [0.15, 0.2) is 6.29 Å². The number of carbonyl (C=O) groups excluding carboxylic acids is 2. The lowest BCUT2D eigenvalue weighted by Gasteiger charge is -2.08. The van der Waals surface area contributed by atoms with E-state index in [-0.39, 0.29) is 17.1 Å². The molecule has 0 aliphatic carbocycles. The number of esters is 1. The third kappa shape index (κ3) is 9.24. The summed E-state index contributed by atoms with van der Waals surface area (Å²) in [7, 11) is 0. The third-order valence-electron chi connectivity index (χ3n) is 5.20. The number of hydrogen-bond acceptors (Lipinski definition) is 5.